The maximum atomic E-state index is 13.0. The molecule has 1 aromatic heterocycles. The van der Waals surface area contributed by atoms with Crippen molar-refractivity contribution in [1.82, 2.24) is 15.2 Å². The highest BCUT2D eigenvalue weighted by Crippen LogP contribution is 2.39. The average Bonchev–Trinajstić information content (AvgIpc) is 3.20. The van der Waals surface area contributed by atoms with Crippen molar-refractivity contribution in [1.29, 1.82) is 0 Å². The monoisotopic (exact) mass is 561 g/mol. The lowest BCUT2D eigenvalue weighted by Gasteiger charge is -2.27. The molecule has 2 unspecified atom stereocenters. The first-order valence-corrected chi connectivity index (χ1v) is 12.4. The molecule has 0 fully saturated rings. The van der Waals surface area contributed by atoms with E-state index in [0.29, 0.717) is 18.7 Å². The van der Waals surface area contributed by atoms with E-state index in [1.165, 1.54) is 12.1 Å². The lowest BCUT2D eigenvalue weighted by molar-refractivity contribution is -0.137. The summed E-state index contributed by atoms with van der Waals surface area (Å²) in [6, 6.07) is 13.8. The average molecular weight is 562 g/mol. The molecule has 0 radical (unpaired) electrons. The first-order chi connectivity index (χ1) is 17.1. The number of carbonyl (C=O) groups excluding carboxylic acids is 1. The van der Waals surface area contributed by atoms with Crippen LogP contribution in [0.15, 0.2) is 65.3 Å². The van der Waals surface area contributed by atoms with Crippen molar-refractivity contribution in [2.45, 2.75) is 45.2 Å². The number of nitrogens with zero attached hydrogens (tertiary/aromatic N) is 2. The van der Waals surface area contributed by atoms with Gasteiger partial charge in [-0.3, -0.25) is 14.7 Å². The number of alkyl halides is 3. The molecule has 190 valence electrons. The number of aliphatic hydroxyl groups excluding tert-OH is 1. The van der Waals surface area contributed by atoms with Gasteiger partial charge < -0.3 is 10.4 Å². The number of fused-ring (bicyclic) bond motifs is 1. The standard InChI is InChI=1S/C27H27BrF3N3O2/c1-16(2)25-24-20(14-34(25)13-17-3-7-21(8-4-17)27(29,30)31)11-19(12-32-24)26(36)33-23(15-35)18-5-9-22(28)10-6-18/h3-12,16,23,25,35H,13-15H2,1-2H3,(H,33,36). The van der Waals surface area contributed by atoms with Crippen molar-refractivity contribution >= 4 is 21.8 Å². The van der Waals surface area contributed by atoms with E-state index in [1.54, 1.807) is 6.20 Å². The van der Waals surface area contributed by atoms with Gasteiger partial charge in [0.05, 0.1) is 35.5 Å². The van der Waals surface area contributed by atoms with Gasteiger partial charge in [0.15, 0.2) is 0 Å². The summed E-state index contributed by atoms with van der Waals surface area (Å²) in [4.78, 5) is 19.8. The Morgan fingerprint density at radius 2 is 1.83 bits per heavy atom. The lowest BCUT2D eigenvalue weighted by atomic mass is 9.99. The number of pyridine rings is 1. The van der Waals surface area contributed by atoms with E-state index in [2.05, 4.69) is 45.0 Å². The zero-order valence-corrected chi connectivity index (χ0v) is 21.5. The number of hydrogen-bond acceptors (Lipinski definition) is 4. The number of hydrogen-bond donors (Lipinski definition) is 2. The molecule has 2 N–H and O–H groups in total. The van der Waals surface area contributed by atoms with Gasteiger partial charge in [-0.1, -0.05) is 54.0 Å². The van der Waals surface area contributed by atoms with Crippen LogP contribution in [-0.4, -0.2) is 27.5 Å². The van der Waals surface area contributed by atoms with Gasteiger partial charge in [-0.2, -0.15) is 13.2 Å². The first kappa shape index (κ1) is 26.3. The SMILES string of the molecule is CC(C)C1c2ncc(C(=O)NC(CO)c3ccc(Br)cc3)cc2CN1Cc1ccc(C(F)(F)F)cc1. The Kier molecular flexibility index (Phi) is 7.82. The van der Waals surface area contributed by atoms with Crippen molar-refractivity contribution in [2.24, 2.45) is 5.92 Å². The lowest BCUT2D eigenvalue weighted by Crippen LogP contribution is -2.31. The second-order valence-electron chi connectivity index (χ2n) is 9.32. The molecule has 9 heteroatoms. The number of nitrogens with one attached hydrogen (secondary N) is 1. The molecule has 0 aliphatic carbocycles. The second kappa shape index (κ2) is 10.7. The quantitative estimate of drug-likeness (QED) is 0.369. The molecule has 2 atom stereocenters. The summed E-state index contributed by atoms with van der Waals surface area (Å²) in [5.41, 5.74) is 3.07. The largest absolute Gasteiger partial charge is 0.416 e. The van der Waals surface area contributed by atoms with Crippen LogP contribution in [0.5, 0.6) is 0 Å². The zero-order valence-electron chi connectivity index (χ0n) is 19.9. The van der Waals surface area contributed by atoms with Crippen molar-refractivity contribution < 1.29 is 23.1 Å². The first-order valence-electron chi connectivity index (χ1n) is 11.6. The van der Waals surface area contributed by atoms with Crippen molar-refractivity contribution in [3.8, 4) is 0 Å². The van der Waals surface area contributed by atoms with E-state index in [4.69, 9.17) is 0 Å². The molecule has 2 heterocycles. The molecule has 0 saturated heterocycles. The summed E-state index contributed by atoms with van der Waals surface area (Å²) in [5.74, 6) is -0.126. The van der Waals surface area contributed by atoms with Crippen LogP contribution in [-0.2, 0) is 19.3 Å². The van der Waals surface area contributed by atoms with Crippen LogP contribution >= 0.6 is 15.9 Å². The van der Waals surface area contributed by atoms with Gasteiger partial charge in [-0.15, -0.1) is 0 Å². The van der Waals surface area contributed by atoms with Crippen LogP contribution < -0.4 is 5.32 Å². The molecule has 5 nitrogen and oxygen atoms in total. The molecule has 1 aliphatic heterocycles. The van der Waals surface area contributed by atoms with Crippen LogP contribution in [0.25, 0.3) is 0 Å². The fourth-order valence-corrected chi connectivity index (χ4v) is 4.89. The summed E-state index contributed by atoms with van der Waals surface area (Å²) >= 11 is 3.38. The summed E-state index contributed by atoms with van der Waals surface area (Å²) in [6.07, 6.45) is -2.82. The fraction of sp³-hybridized carbons (Fsp3) is 0.333. The summed E-state index contributed by atoms with van der Waals surface area (Å²) in [6.45, 7) is 4.90. The molecule has 0 spiro atoms. The maximum Gasteiger partial charge on any atom is 0.416 e. The van der Waals surface area contributed by atoms with Crippen molar-refractivity contribution in [2.75, 3.05) is 6.61 Å². The van der Waals surface area contributed by atoms with Crippen LogP contribution in [0.3, 0.4) is 0 Å². The Hall–Kier alpha value is -2.75. The molecule has 1 aliphatic rings. The van der Waals surface area contributed by atoms with Crippen molar-refractivity contribution in [3.05, 3.63) is 98.8 Å². The summed E-state index contributed by atoms with van der Waals surface area (Å²) in [5, 5.41) is 12.7. The van der Waals surface area contributed by atoms with Gasteiger partial charge >= 0.3 is 6.18 Å². The summed E-state index contributed by atoms with van der Waals surface area (Å²) in [7, 11) is 0. The van der Waals surface area contributed by atoms with Crippen LogP contribution in [0.2, 0.25) is 0 Å². The van der Waals surface area contributed by atoms with E-state index in [0.717, 1.165) is 39.0 Å². The molecule has 3 aromatic rings. The predicted molar refractivity (Wildman–Crippen MR) is 134 cm³/mol. The predicted octanol–water partition coefficient (Wildman–Crippen LogP) is 6.04. The molecule has 4 rings (SSSR count). The van der Waals surface area contributed by atoms with Crippen LogP contribution in [0.1, 0.15) is 64.2 Å². The molecule has 2 aromatic carbocycles. The van der Waals surface area contributed by atoms with Crippen LogP contribution in [0.4, 0.5) is 13.2 Å². The minimum Gasteiger partial charge on any atom is -0.394 e. The third-order valence-corrected chi connectivity index (χ3v) is 6.90. The zero-order chi connectivity index (χ0) is 26.0. The van der Waals surface area contributed by atoms with Gasteiger partial charge in [0.25, 0.3) is 5.91 Å². The third-order valence-electron chi connectivity index (χ3n) is 6.37. The van der Waals surface area contributed by atoms with Crippen molar-refractivity contribution in [3.63, 3.8) is 0 Å². The Morgan fingerprint density at radius 3 is 2.42 bits per heavy atom. The van der Waals surface area contributed by atoms with E-state index in [1.807, 2.05) is 30.3 Å². The number of carbonyl (C=O) groups is 1. The number of benzene rings is 2. The third kappa shape index (κ3) is 5.79. The summed E-state index contributed by atoms with van der Waals surface area (Å²) < 4.78 is 39.7. The highest BCUT2D eigenvalue weighted by molar-refractivity contribution is 9.10. The number of aliphatic hydroxyl groups is 1. The highest BCUT2D eigenvalue weighted by atomic mass is 79.9. The van der Waals surface area contributed by atoms with E-state index < -0.39 is 17.8 Å². The van der Waals surface area contributed by atoms with Gasteiger partial charge in [0, 0.05) is 23.8 Å². The molecule has 1 amide bonds. The van der Waals surface area contributed by atoms with E-state index in [9.17, 15) is 23.1 Å². The molecule has 0 saturated carbocycles. The minimum absolute atomic E-state index is 0.0210. The number of aromatic nitrogens is 1. The van der Waals surface area contributed by atoms with Gasteiger partial charge in [0.2, 0.25) is 0 Å². The van der Waals surface area contributed by atoms with Gasteiger partial charge in [-0.05, 0) is 52.9 Å². The Morgan fingerprint density at radius 1 is 1.17 bits per heavy atom. The maximum absolute atomic E-state index is 13.0. The fourth-order valence-electron chi connectivity index (χ4n) is 4.62. The second-order valence-corrected chi connectivity index (χ2v) is 10.2. The van der Waals surface area contributed by atoms with Crippen LogP contribution in [0, 0.1) is 5.92 Å². The number of amides is 1. The molecular weight excluding hydrogens is 535 g/mol. The van der Waals surface area contributed by atoms with Gasteiger partial charge in [0.1, 0.15) is 0 Å². The van der Waals surface area contributed by atoms with E-state index in [-0.39, 0.29) is 24.5 Å². The Balaban J connectivity index is 1.51. The topological polar surface area (TPSA) is 65.5 Å². The Bertz CT molecular complexity index is 1210. The number of halogens is 4. The Labute approximate surface area is 216 Å². The molecule has 36 heavy (non-hydrogen) atoms. The number of rotatable bonds is 7. The molecule has 0 bridgehead atoms. The van der Waals surface area contributed by atoms with Gasteiger partial charge in [-0.25, -0.2) is 0 Å². The molecular formula is C27H27BrF3N3O2. The van der Waals surface area contributed by atoms with E-state index >= 15 is 0 Å². The normalized spacial score (nSPS) is 16.7. The highest BCUT2D eigenvalue weighted by Gasteiger charge is 2.35. The minimum atomic E-state index is -4.36. The smallest absolute Gasteiger partial charge is 0.394 e.